The topological polar surface area (TPSA) is 69.0 Å². The van der Waals surface area contributed by atoms with E-state index in [0.717, 1.165) is 5.69 Å². The zero-order chi connectivity index (χ0) is 24.1. The molecule has 1 amide bonds. The monoisotopic (exact) mass is 544 g/mol. The number of halogens is 3. The Morgan fingerprint density at radius 2 is 1.82 bits per heavy atom. The van der Waals surface area contributed by atoms with Crippen LogP contribution in [0.15, 0.2) is 82.4 Å². The lowest BCUT2D eigenvalue weighted by molar-refractivity contribution is -0.113. The van der Waals surface area contributed by atoms with E-state index in [0.29, 0.717) is 21.1 Å². The molecule has 0 aliphatic carbocycles. The van der Waals surface area contributed by atoms with Crippen molar-refractivity contribution in [2.45, 2.75) is 18.2 Å². The van der Waals surface area contributed by atoms with Crippen LogP contribution in [0.1, 0.15) is 18.9 Å². The third kappa shape index (κ3) is 5.63. The summed E-state index contributed by atoms with van der Waals surface area (Å²) in [6.45, 7) is 1.75. The normalized spacial score (nSPS) is 11.8. The van der Waals surface area contributed by atoms with Crippen molar-refractivity contribution in [3.05, 3.63) is 94.7 Å². The van der Waals surface area contributed by atoms with Crippen LogP contribution in [0.25, 0.3) is 5.69 Å². The number of anilines is 1. The van der Waals surface area contributed by atoms with Crippen LogP contribution in [0.5, 0.6) is 5.75 Å². The molecule has 0 aliphatic heterocycles. The second-order valence-corrected chi connectivity index (χ2v) is 8.96. The van der Waals surface area contributed by atoms with Crippen LogP contribution in [-0.4, -0.2) is 26.4 Å². The first kappa shape index (κ1) is 23.9. The smallest absolute Gasteiger partial charge is 0.234 e. The Hall–Kier alpha value is -3.24. The van der Waals surface area contributed by atoms with Crippen molar-refractivity contribution >= 4 is 39.3 Å². The highest BCUT2D eigenvalue weighted by Crippen LogP contribution is 2.29. The van der Waals surface area contributed by atoms with Gasteiger partial charge in [-0.1, -0.05) is 42.1 Å². The summed E-state index contributed by atoms with van der Waals surface area (Å²) in [6, 6.07) is 19.5. The Labute approximate surface area is 207 Å². The van der Waals surface area contributed by atoms with Gasteiger partial charge >= 0.3 is 0 Å². The van der Waals surface area contributed by atoms with E-state index in [1.807, 2.05) is 30.3 Å². The molecule has 1 N–H and O–H groups in total. The first-order valence-electron chi connectivity index (χ1n) is 10.2. The average Bonchev–Trinajstić information content (AvgIpc) is 3.26. The van der Waals surface area contributed by atoms with Crippen molar-refractivity contribution in [1.82, 2.24) is 14.8 Å². The molecular weight excluding hydrogens is 526 g/mol. The van der Waals surface area contributed by atoms with Crippen LogP contribution in [-0.2, 0) is 4.79 Å². The molecule has 0 bridgehead atoms. The predicted molar refractivity (Wildman–Crippen MR) is 130 cm³/mol. The zero-order valence-electron chi connectivity index (χ0n) is 17.9. The highest BCUT2D eigenvalue weighted by molar-refractivity contribution is 9.10. The quantitative estimate of drug-likeness (QED) is 0.268. The van der Waals surface area contributed by atoms with Crippen LogP contribution in [0.3, 0.4) is 0 Å². The summed E-state index contributed by atoms with van der Waals surface area (Å²) in [7, 11) is 0. The number of carbonyl (C=O) groups is 1. The molecule has 3 aromatic carbocycles. The number of thioether (sulfide) groups is 1. The second kappa shape index (κ2) is 10.8. The number of amides is 1. The highest BCUT2D eigenvalue weighted by Gasteiger charge is 2.22. The third-order valence-corrected chi connectivity index (χ3v) is 6.30. The van der Waals surface area contributed by atoms with E-state index in [4.69, 9.17) is 4.74 Å². The Bertz CT molecular complexity index is 1300. The van der Waals surface area contributed by atoms with Gasteiger partial charge in [-0.2, -0.15) is 0 Å². The summed E-state index contributed by atoms with van der Waals surface area (Å²) in [5, 5.41) is 11.7. The Balaban J connectivity index is 1.55. The molecule has 4 aromatic rings. The van der Waals surface area contributed by atoms with Gasteiger partial charge in [0, 0.05) is 10.2 Å². The summed E-state index contributed by atoms with van der Waals surface area (Å²) in [5.41, 5.74) is 1.24. The van der Waals surface area contributed by atoms with Crippen LogP contribution in [0.2, 0.25) is 0 Å². The van der Waals surface area contributed by atoms with Crippen molar-refractivity contribution < 1.29 is 18.3 Å². The second-order valence-electron chi connectivity index (χ2n) is 7.16. The van der Waals surface area contributed by atoms with Gasteiger partial charge in [0.25, 0.3) is 0 Å². The maximum atomic E-state index is 14.1. The number of nitrogens with one attached hydrogen (secondary N) is 1. The van der Waals surface area contributed by atoms with Crippen molar-refractivity contribution in [3.63, 3.8) is 0 Å². The number of nitrogens with zero attached hydrogens (tertiary/aromatic N) is 3. The van der Waals surface area contributed by atoms with Crippen molar-refractivity contribution in [1.29, 1.82) is 0 Å². The average molecular weight is 545 g/mol. The number of ether oxygens (including phenoxy) is 1. The standard InChI is InChI=1S/C24H19BrF2N4O2S/c1-15(33-21-10-6-5-9-19(21)27)23-29-30-24(31(23)17-7-3-2-4-8-17)34-14-22(32)28-20-12-11-16(26)13-18(20)25/h2-13,15H,14H2,1H3,(H,28,32). The van der Waals surface area contributed by atoms with E-state index >= 15 is 0 Å². The minimum absolute atomic E-state index is 0.0390. The van der Waals surface area contributed by atoms with Gasteiger partial charge in [-0.25, -0.2) is 8.78 Å². The number of carbonyl (C=O) groups excluding carboxylic acids is 1. The molecule has 0 aliphatic rings. The molecule has 0 radical (unpaired) electrons. The van der Waals surface area contributed by atoms with E-state index in [9.17, 15) is 13.6 Å². The lowest BCUT2D eigenvalue weighted by Gasteiger charge is -2.17. The lowest BCUT2D eigenvalue weighted by atomic mass is 10.3. The zero-order valence-corrected chi connectivity index (χ0v) is 20.3. The van der Waals surface area contributed by atoms with E-state index in [-0.39, 0.29) is 17.4 Å². The predicted octanol–water partition coefficient (Wildman–Crippen LogP) is 6.18. The molecular formula is C24H19BrF2N4O2S. The summed E-state index contributed by atoms with van der Waals surface area (Å²) in [5.74, 6) is -0.572. The maximum absolute atomic E-state index is 14.1. The molecule has 1 aromatic heterocycles. The highest BCUT2D eigenvalue weighted by atomic mass is 79.9. The number of rotatable bonds is 8. The summed E-state index contributed by atoms with van der Waals surface area (Å²) < 4.78 is 35.4. The van der Waals surface area contributed by atoms with E-state index in [2.05, 4.69) is 31.4 Å². The summed E-state index contributed by atoms with van der Waals surface area (Å²) in [4.78, 5) is 12.5. The van der Waals surface area contributed by atoms with Crippen LogP contribution < -0.4 is 10.1 Å². The van der Waals surface area contributed by atoms with Gasteiger partial charge in [-0.3, -0.25) is 9.36 Å². The molecule has 1 atom stereocenters. The molecule has 0 spiro atoms. The largest absolute Gasteiger partial charge is 0.480 e. The SMILES string of the molecule is CC(Oc1ccccc1F)c1nnc(SCC(=O)Nc2ccc(F)cc2Br)n1-c1ccccc1. The molecule has 0 saturated heterocycles. The van der Waals surface area contributed by atoms with Gasteiger partial charge in [0.15, 0.2) is 28.7 Å². The number of hydrogen-bond donors (Lipinski definition) is 1. The minimum atomic E-state index is -0.622. The van der Waals surface area contributed by atoms with Crippen molar-refractivity contribution in [2.75, 3.05) is 11.1 Å². The third-order valence-electron chi connectivity index (χ3n) is 4.71. The van der Waals surface area contributed by atoms with Crippen LogP contribution >= 0.6 is 27.7 Å². The van der Waals surface area contributed by atoms with Gasteiger partial charge < -0.3 is 10.1 Å². The summed E-state index contributed by atoms with van der Waals surface area (Å²) >= 11 is 4.42. The fourth-order valence-corrected chi connectivity index (χ4v) is 4.36. The van der Waals surface area contributed by atoms with Gasteiger partial charge in [0.2, 0.25) is 5.91 Å². The fourth-order valence-electron chi connectivity index (χ4n) is 3.15. The molecule has 4 rings (SSSR count). The van der Waals surface area contributed by atoms with Crippen molar-refractivity contribution in [3.8, 4) is 11.4 Å². The fraction of sp³-hybridized carbons (Fsp3) is 0.125. The molecule has 0 fully saturated rings. The minimum Gasteiger partial charge on any atom is -0.480 e. The molecule has 0 saturated carbocycles. The van der Waals surface area contributed by atoms with E-state index < -0.39 is 17.7 Å². The van der Waals surface area contributed by atoms with Crippen molar-refractivity contribution in [2.24, 2.45) is 0 Å². The first-order valence-corrected chi connectivity index (χ1v) is 12.0. The number of benzene rings is 3. The van der Waals surface area contributed by atoms with E-state index in [1.165, 1.54) is 36.0 Å². The molecule has 34 heavy (non-hydrogen) atoms. The number of aromatic nitrogens is 3. The van der Waals surface area contributed by atoms with Crippen LogP contribution in [0.4, 0.5) is 14.5 Å². The number of para-hydroxylation sites is 2. The van der Waals surface area contributed by atoms with Gasteiger partial charge in [0.1, 0.15) is 5.82 Å². The van der Waals surface area contributed by atoms with Gasteiger partial charge in [0.05, 0.1) is 11.4 Å². The maximum Gasteiger partial charge on any atom is 0.234 e. The molecule has 10 heteroatoms. The molecule has 174 valence electrons. The molecule has 6 nitrogen and oxygen atoms in total. The lowest BCUT2D eigenvalue weighted by Crippen LogP contribution is -2.15. The Morgan fingerprint density at radius 1 is 1.09 bits per heavy atom. The van der Waals surface area contributed by atoms with Crippen LogP contribution in [0, 0.1) is 11.6 Å². The molecule has 1 heterocycles. The Kier molecular flexibility index (Phi) is 7.59. The van der Waals surface area contributed by atoms with E-state index in [1.54, 1.807) is 29.7 Å². The first-order chi connectivity index (χ1) is 16.4. The van der Waals surface area contributed by atoms with Gasteiger partial charge in [-0.05, 0) is 65.3 Å². The molecule has 1 unspecified atom stereocenters. The summed E-state index contributed by atoms with van der Waals surface area (Å²) in [6.07, 6.45) is -0.622. The number of hydrogen-bond acceptors (Lipinski definition) is 5. The van der Waals surface area contributed by atoms with Gasteiger partial charge in [-0.15, -0.1) is 10.2 Å². The Morgan fingerprint density at radius 3 is 2.56 bits per heavy atom.